The van der Waals surface area contributed by atoms with Crippen molar-refractivity contribution in [2.45, 2.75) is 9.96 Å². The lowest BCUT2D eigenvalue weighted by molar-refractivity contribution is 0.0942. The first-order valence-corrected chi connectivity index (χ1v) is 8.72. The number of rotatable bonds is 4. The monoisotopic (exact) mass is 454 g/mol. The molecule has 0 aliphatic carbocycles. The van der Waals surface area contributed by atoms with E-state index in [0.29, 0.717) is 16.3 Å². The van der Waals surface area contributed by atoms with Crippen LogP contribution in [0.25, 0.3) is 0 Å². The fourth-order valence-electron chi connectivity index (χ4n) is 1.75. The number of alkyl halides is 3. The highest BCUT2D eigenvalue weighted by atomic mass is 79.9. The fourth-order valence-corrected chi connectivity index (χ4v) is 2.53. The van der Waals surface area contributed by atoms with Crippen LogP contribution in [-0.2, 0) is 0 Å². The average molecular weight is 457 g/mol. The Morgan fingerprint density at radius 3 is 2.22 bits per heavy atom. The van der Waals surface area contributed by atoms with Gasteiger partial charge in [0, 0.05) is 10.0 Å². The molecule has 0 saturated carbocycles. The van der Waals surface area contributed by atoms with Crippen molar-refractivity contribution in [1.82, 2.24) is 5.32 Å². The minimum atomic E-state index is -1.77. The van der Waals surface area contributed by atoms with Crippen molar-refractivity contribution >= 4 is 73.9 Å². The van der Waals surface area contributed by atoms with Gasteiger partial charge in [0.15, 0.2) is 0 Å². The summed E-state index contributed by atoms with van der Waals surface area (Å²) in [6.45, 7) is 0. The summed E-state index contributed by atoms with van der Waals surface area (Å²) in [6, 6.07) is 13.8. The number of hydrogen-bond acceptors (Lipinski definition) is 2. The second-order valence-corrected chi connectivity index (χ2v) is 8.27. The van der Waals surface area contributed by atoms with Gasteiger partial charge in [-0.3, -0.25) is 4.79 Å². The molecule has 8 heteroatoms. The quantitative estimate of drug-likeness (QED) is 0.461. The Balaban J connectivity index is 2.18. The van der Waals surface area contributed by atoms with E-state index in [4.69, 9.17) is 46.4 Å². The van der Waals surface area contributed by atoms with Gasteiger partial charge in [0.25, 0.3) is 5.91 Å². The molecule has 23 heavy (non-hydrogen) atoms. The van der Waals surface area contributed by atoms with Crippen molar-refractivity contribution in [3.8, 4) is 0 Å². The molecule has 122 valence electrons. The minimum Gasteiger partial charge on any atom is -0.361 e. The van der Waals surface area contributed by atoms with Gasteiger partial charge in [0.2, 0.25) is 3.79 Å². The van der Waals surface area contributed by atoms with Crippen LogP contribution in [0.4, 0.5) is 5.69 Å². The molecule has 0 aliphatic heterocycles. The van der Waals surface area contributed by atoms with Crippen molar-refractivity contribution in [2.75, 3.05) is 5.32 Å². The molecule has 0 spiro atoms. The van der Waals surface area contributed by atoms with Crippen LogP contribution in [0.3, 0.4) is 0 Å². The van der Waals surface area contributed by atoms with Gasteiger partial charge in [-0.1, -0.05) is 74.5 Å². The largest absolute Gasteiger partial charge is 0.361 e. The standard InChI is InChI=1S/C15H11BrCl4N2O/c16-10-7-5-9(6-8-10)13(23)22-14(15(18,19)20)21-12-4-2-1-3-11(12)17/h1-8,14,21H,(H,22,23)/t14-/m0/s1. The van der Waals surface area contributed by atoms with Gasteiger partial charge < -0.3 is 10.6 Å². The second kappa shape index (κ2) is 7.95. The van der Waals surface area contributed by atoms with Gasteiger partial charge in [-0.2, -0.15) is 0 Å². The number of nitrogens with one attached hydrogen (secondary N) is 2. The Bertz CT molecular complexity index is 689. The molecule has 0 bridgehead atoms. The maximum atomic E-state index is 12.3. The first-order valence-electron chi connectivity index (χ1n) is 6.41. The lowest BCUT2D eigenvalue weighted by Gasteiger charge is -2.27. The molecule has 1 atom stereocenters. The predicted octanol–water partition coefficient (Wildman–Crippen LogP) is 5.64. The van der Waals surface area contributed by atoms with Crippen LogP contribution < -0.4 is 10.6 Å². The average Bonchev–Trinajstić information content (AvgIpc) is 2.48. The maximum absolute atomic E-state index is 12.3. The van der Waals surface area contributed by atoms with Crippen LogP contribution in [0, 0.1) is 0 Å². The number of carbonyl (C=O) groups is 1. The third kappa shape index (κ3) is 5.44. The van der Waals surface area contributed by atoms with E-state index in [-0.39, 0.29) is 5.91 Å². The predicted molar refractivity (Wildman–Crippen MR) is 101 cm³/mol. The minimum absolute atomic E-state index is 0.381. The summed E-state index contributed by atoms with van der Waals surface area (Å²) in [4.78, 5) is 12.3. The number of amides is 1. The lowest BCUT2D eigenvalue weighted by atomic mass is 10.2. The summed E-state index contributed by atoms with van der Waals surface area (Å²) in [5.74, 6) is -0.381. The molecule has 3 nitrogen and oxygen atoms in total. The molecule has 0 saturated heterocycles. The van der Waals surface area contributed by atoms with E-state index in [1.807, 2.05) is 0 Å². The molecule has 0 radical (unpaired) electrons. The molecular weight excluding hydrogens is 446 g/mol. The normalized spacial score (nSPS) is 12.6. The maximum Gasteiger partial charge on any atom is 0.252 e. The lowest BCUT2D eigenvalue weighted by Crippen LogP contribution is -2.49. The zero-order chi connectivity index (χ0) is 17.0. The van der Waals surface area contributed by atoms with Crippen LogP contribution in [0.5, 0.6) is 0 Å². The highest BCUT2D eigenvalue weighted by molar-refractivity contribution is 9.10. The van der Waals surface area contributed by atoms with E-state index in [9.17, 15) is 4.79 Å². The Hall–Kier alpha value is -0.650. The van der Waals surface area contributed by atoms with Gasteiger partial charge in [-0.25, -0.2) is 0 Å². The highest BCUT2D eigenvalue weighted by Gasteiger charge is 2.34. The molecule has 2 N–H and O–H groups in total. The van der Waals surface area contributed by atoms with E-state index in [1.54, 1.807) is 48.5 Å². The van der Waals surface area contributed by atoms with Crippen molar-refractivity contribution in [3.63, 3.8) is 0 Å². The van der Waals surface area contributed by atoms with Crippen LogP contribution in [0.15, 0.2) is 53.0 Å². The van der Waals surface area contributed by atoms with Crippen molar-refractivity contribution < 1.29 is 4.79 Å². The molecule has 0 fully saturated rings. The Morgan fingerprint density at radius 2 is 1.65 bits per heavy atom. The summed E-state index contributed by atoms with van der Waals surface area (Å²) >= 11 is 27.3. The molecule has 2 rings (SSSR count). The van der Waals surface area contributed by atoms with E-state index < -0.39 is 9.96 Å². The molecule has 1 amide bonds. The molecule has 0 unspecified atom stereocenters. The van der Waals surface area contributed by atoms with E-state index >= 15 is 0 Å². The molecule has 0 heterocycles. The molecule has 0 aliphatic rings. The zero-order valence-electron chi connectivity index (χ0n) is 11.5. The van der Waals surface area contributed by atoms with E-state index in [1.165, 1.54) is 0 Å². The zero-order valence-corrected chi connectivity index (χ0v) is 16.1. The number of hydrogen-bond donors (Lipinski definition) is 2. The highest BCUT2D eigenvalue weighted by Crippen LogP contribution is 2.32. The van der Waals surface area contributed by atoms with Crippen LogP contribution in [0.1, 0.15) is 10.4 Å². The first-order chi connectivity index (χ1) is 10.8. The van der Waals surface area contributed by atoms with Gasteiger partial charge in [0.1, 0.15) is 6.17 Å². The summed E-state index contributed by atoms with van der Waals surface area (Å²) < 4.78 is -0.911. The Labute approximate surface area is 162 Å². The number of carbonyl (C=O) groups excluding carboxylic acids is 1. The van der Waals surface area contributed by atoms with Crippen molar-refractivity contribution in [2.24, 2.45) is 0 Å². The summed E-state index contributed by atoms with van der Waals surface area (Å²) in [5.41, 5.74) is 0.981. The fraction of sp³-hybridized carbons (Fsp3) is 0.133. The topological polar surface area (TPSA) is 41.1 Å². The van der Waals surface area contributed by atoms with E-state index in [0.717, 1.165) is 4.47 Å². The van der Waals surface area contributed by atoms with Gasteiger partial charge >= 0.3 is 0 Å². The third-order valence-electron chi connectivity index (χ3n) is 2.88. The van der Waals surface area contributed by atoms with Gasteiger partial charge in [-0.15, -0.1) is 0 Å². The van der Waals surface area contributed by atoms with Crippen molar-refractivity contribution in [3.05, 3.63) is 63.6 Å². The summed E-state index contributed by atoms with van der Waals surface area (Å²) in [5, 5.41) is 6.03. The molecular formula is C15H11BrCl4N2O. The summed E-state index contributed by atoms with van der Waals surface area (Å²) in [7, 11) is 0. The summed E-state index contributed by atoms with van der Waals surface area (Å²) in [6.07, 6.45) is -0.969. The van der Waals surface area contributed by atoms with Gasteiger partial charge in [0.05, 0.1) is 10.7 Å². The third-order valence-corrected chi connectivity index (χ3v) is 4.40. The smallest absolute Gasteiger partial charge is 0.252 e. The first kappa shape index (κ1) is 18.7. The number of anilines is 1. The van der Waals surface area contributed by atoms with Crippen LogP contribution in [0.2, 0.25) is 5.02 Å². The number of benzene rings is 2. The Kier molecular flexibility index (Phi) is 6.46. The van der Waals surface area contributed by atoms with Crippen LogP contribution in [-0.4, -0.2) is 15.9 Å². The van der Waals surface area contributed by atoms with E-state index in [2.05, 4.69) is 26.6 Å². The molecule has 2 aromatic rings. The van der Waals surface area contributed by atoms with Crippen molar-refractivity contribution in [1.29, 1.82) is 0 Å². The number of halogens is 5. The van der Waals surface area contributed by atoms with Crippen LogP contribution >= 0.6 is 62.3 Å². The SMILES string of the molecule is O=C(N[C@H](Nc1ccccc1Cl)C(Cl)(Cl)Cl)c1ccc(Br)cc1. The molecule has 0 aromatic heterocycles. The Morgan fingerprint density at radius 1 is 1.04 bits per heavy atom. The molecule has 2 aromatic carbocycles. The second-order valence-electron chi connectivity index (χ2n) is 4.58. The number of para-hydroxylation sites is 1. The van der Waals surface area contributed by atoms with Gasteiger partial charge in [-0.05, 0) is 36.4 Å².